The molecule has 0 fully saturated rings. The van der Waals surface area contributed by atoms with E-state index in [1.165, 1.54) is 0 Å². The Hall–Kier alpha value is -3.29. The third-order valence-electron chi connectivity index (χ3n) is 3.74. The van der Waals surface area contributed by atoms with Crippen molar-refractivity contribution in [2.45, 2.75) is 13.0 Å². The maximum absolute atomic E-state index is 9.11. The Morgan fingerprint density at radius 2 is 1.96 bits per heavy atom. The minimum absolute atomic E-state index is 0.407. The summed E-state index contributed by atoms with van der Waals surface area (Å²) >= 11 is 6.06. The van der Waals surface area contributed by atoms with Crippen molar-refractivity contribution in [3.8, 4) is 23.4 Å². The van der Waals surface area contributed by atoms with Crippen molar-refractivity contribution in [1.29, 1.82) is 5.26 Å². The van der Waals surface area contributed by atoms with Gasteiger partial charge in [0, 0.05) is 22.8 Å². The van der Waals surface area contributed by atoms with E-state index in [1.54, 1.807) is 36.5 Å². The Labute approximate surface area is 163 Å². The van der Waals surface area contributed by atoms with E-state index in [0.29, 0.717) is 41.0 Å². The summed E-state index contributed by atoms with van der Waals surface area (Å²) in [5.41, 5.74) is 2.33. The van der Waals surface area contributed by atoms with Crippen LogP contribution in [0.15, 0.2) is 73.4 Å². The van der Waals surface area contributed by atoms with E-state index < -0.39 is 0 Å². The van der Waals surface area contributed by atoms with Crippen LogP contribution in [0.2, 0.25) is 5.02 Å². The molecule has 0 N–H and O–H groups in total. The van der Waals surface area contributed by atoms with Gasteiger partial charge in [-0.25, -0.2) is 4.98 Å². The molecule has 5 heteroatoms. The average molecular weight is 377 g/mol. The van der Waals surface area contributed by atoms with Crippen molar-refractivity contribution in [1.82, 2.24) is 4.98 Å². The second kappa shape index (κ2) is 8.88. The molecule has 4 nitrogen and oxygen atoms in total. The second-order valence-corrected chi connectivity index (χ2v) is 6.22. The van der Waals surface area contributed by atoms with Gasteiger partial charge < -0.3 is 9.47 Å². The van der Waals surface area contributed by atoms with Crippen LogP contribution in [0.1, 0.15) is 16.7 Å². The van der Waals surface area contributed by atoms with E-state index in [4.69, 9.17) is 26.3 Å². The predicted molar refractivity (Wildman–Crippen MR) is 105 cm³/mol. The van der Waals surface area contributed by atoms with Gasteiger partial charge >= 0.3 is 0 Å². The SMILES string of the molecule is C=CCc1cnc(OCc2ccccc2)cc1Oc1cc(Cl)cc(C#N)c1. The Morgan fingerprint density at radius 3 is 2.70 bits per heavy atom. The Kier molecular flexibility index (Phi) is 6.09. The lowest BCUT2D eigenvalue weighted by Gasteiger charge is -2.13. The molecule has 0 amide bonds. The second-order valence-electron chi connectivity index (χ2n) is 5.79. The number of ether oxygens (including phenoxy) is 2. The quantitative estimate of drug-likeness (QED) is 0.496. The molecule has 0 saturated carbocycles. The number of nitriles is 1. The summed E-state index contributed by atoms with van der Waals surface area (Å²) in [6.07, 6.45) is 4.06. The lowest BCUT2D eigenvalue weighted by atomic mass is 10.2. The van der Waals surface area contributed by atoms with Gasteiger partial charge in [0.2, 0.25) is 5.88 Å². The van der Waals surface area contributed by atoms with Crippen molar-refractivity contribution in [2.75, 3.05) is 0 Å². The van der Waals surface area contributed by atoms with Gasteiger partial charge in [0.15, 0.2) is 0 Å². The van der Waals surface area contributed by atoms with E-state index in [2.05, 4.69) is 17.6 Å². The van der Waals surface area contributed by atoms with Crippen molar-refractivity contribution < 1.29 is 9.47 Å². The van der Waals surface area contributed by atoms with Crippen LogP contribution >= 0.6 is 11.6 Å². The highest BCUT2D eigenvalue weighted by atomic mass is 35.5. The average Bonchev–Trinajstić information content (AvgIpc) is 2.68. The van der Waals surface area contributed by atoms with Crippen LogP contribution in [0.3, 0.4) is 0 Å². The molecule has 0 atom stereocenters. The molecular weight excluding hydrogens is 360 g/mol. The number of aromatic nitrogens is 1. The van der Waals surface area contributed by atoms with Gasteiger partial charge in [0.1, 0.15) is 18.1 Å². The molecule has 2 aromatic carbocycles. The van der Waals surface area contributed by atoms with Crippen LogP contribution in [0, 0.1) is 11.3 Å². The summed E-state index contributed by atoms with van der Waals surface area (Å²) < 4.78 is 11.8. The first-order chi connectivity index (χ1) is 13.2. The van der Waals surface area contributed by atoms with E-state index in [1.807, 2.05) is 30.3 Å². The molecule has 0 aliphatic rings. The molecule has 0 aliphatic carbocycles. The number of benzene rings is 2. The summed E-state index contributed by atoms with van der Waals surface area (Å²) in [4.78, 5) is 4.34. The molecule has 1 heterocycles. The molecule has 0 bridgehead atoms. The summed E-state index contributed by atoms with van der Waals surface area (Å²) in [5, 5.41) is 9.54. The highest BCUT2D eigenvalue weighted by Gasteiger charge is 2.10. The highest BCUT2D eigenvalue weighted by Crippen LogP contribution is 2.31. The number of rotatable bonds is 7. The van der Waals surface area contributed by atoms with Gasteiger partial charge in [-0.1, -0.05) is 48.0 Å². The zero-order chi connectivity index (χ0) is 19.1. The predicted octanol–water partition coefficient (Wildman–Crippen LogP) is 5.71. The topological polar surface area (TPSA) is 55.1 Å². The molecule has 3 aromatic rings. The number of halogens is 1. The minimum Gasteiger partial charge on any atom is -0.473 e. The van der Waals surface area contributed by atoms with Gasteiger partial charge in [0.05, 0.1) is 11.6 Å². The molecule has 0 aliphatic heterocycles. The fraction of sp³-hybridized carbons (Fsp3) is 0.0909. The molecule has 0 saturated heterocycles. The molecule has 3 rings (SSSR count). The fourth-order valence-corrected chi connectivity index (χ4v) is 2.70. The van der Waals surface area contributed by atoms with Crippen LogP contribution in [-0.4, -0.2) is 4.98 Å². The Morgan fingerprint density at radius 1 is 1.15 bits per heavy atom. The Balaban J connectivity index is 1.84. The largest absolute Gasteiger partial charge is 0.473 e. The van der Waals surface area contributed by atoms with E-state index in [9.17, 15) is 0 Å². The van der Waals surface area contributed by atoms with Crippen LogP contribution in [-0.2, 0) is 13.0 Å². The van der Waals surface area contributed by atoms with Crippen molar-refractivity contribution in [3.05, 3.63) is 95.2 Å². The normalized spacial score (nSPS) is 10.1. The van der Waals surface area contributed by atoms with Gasteiger partial charge in [-0.3, -0.25) is 0 Å². The first kappa shape index (κ1) is 18.5. The zero-order valence-electron chi connectivity index (χ0n) is 14.6. The van der Waals surface area contributed by atoms with Crippen molar-refractivity contribution >= 4 is 11.6 Å². The molecule has 27 heavy (non-hydrogen) atoms. The van der Waals surface area contributed by atoms with Gasteiger partial charge in [-0.2, -0.15) is 5.26 Å². The Bertz CT molecular complexity index is 981. The molecule has 0 radical (unpaired) electrons. The third-order valence-corrected chi connectivity index (χ3v) is 3.96. The number of nitrogens with zero attached hydrogens (tertiary/aromatic N) is 2. The molecule has 0 spiro atoms. The van der Waals surface area contributed by atoms with E-state index >= 15 is 0 Å². The molecule has 1 aromatic heterocycles. The highest BCUT2D eigenvalue weighted by molar-refractivity contribution is 6.30. The van der Waals surface area contributed by atoms with E-state index in [-0.39, 0.29) is 0 Å². The van der Waals surface area contributed by atoms with Gasteiger partial charge in [-0.15, -0.1) is 6.58 Å². The lowest BCUT2D eigenvalue weighted by molar-refractivity contribution is 0.292. The van der Waals surface area contributed by atoms with Gasteiger partial charge in [0.25, 0.3) is 0 Å². The summed E-state index contributed by atoms with van der Waals surface area (Å²) in [6.45, 7) is 4.17. The smallest absolute Gasteiger partial charge is 0.217 e. The summed E-state index contributed by atoms with van der Waals surface area (Å²) in [6, 6.07) is 18.5. The van der Waals surface area contributed by atoms with E-state index in [0.717, 1.165) is 11.1 Å². The zero-order valence-corrected chi connectivity index (χ0v) is 15.3. The number of hydrogen-bond acceptors (Lipinski definition) is 4. The van der Waals surface area contributed by atoms with Gasteiger partial charge in [-0.05, 0) is 30.2 Å². The van der Waals surface area contributed by atoms with Crippen molar-refractivity contribution in [2.24, 2.45) is 0 Å². The fourth-order valence-electron chi connectivity index (χ4n) is 2.47. The first-order valence-electron chi connectivity index (χ1n) is 8.33. The standard InChI is InChI=1S/C22H17ClN2O2/c1-2-6-18-14-25-22(26-15-16-7-4-3-5-8-16)12-21(18)27-20-10-17(13-24)9-19(23)11-20/h2-5,7-12,14H,1,6,15H2. The van der Waals surface area contributed by atoms with Crippen LogP contribution < -0.4 is 9.47 Å². The molecule has 0 unspecified atom stereocenters. The summed E-state index contributed by atoms with van der Waals surface area (Å²) in [7, 11) is 0. The monoisotopic (exact) mass is 376 g/mol. The number of hydrogen-bond donors (Lipinski definition) is 0. The van der Waals surface area contributed by atoms with Crippen molar-refractivity contribution in [3.63, 3.8) is 0 Å². The maximum Gasteiger partial charge on any atom is 0.217 e. The molecule has 134 valence electrons. The first-order valence-corrected chi connectivity index (χ1v) is 8.71. The summed E-state index contributed by atoms with van der Waals surface area (Å²) in [5.74, 6) is 1.51. The molecular formula is C22H17ClN2O2. The van der Waals surface area contributed by atoms with Crippen LogP contribution in [0.4, 0.5) is 0 Å². The van der Waals surface area contributed by atoms with Crippen LogP contribution in [0.5, 0.6) is 17.4 Å². The van der Waals surface area contributed by atoms with Crippen LogP contribution in [0.25, 0.3) is 0 Å². The number of allylic oxidation sites excluding steroid dienone is 1. The third kappa shape index (κ3) is 5.10. The number of pyridine rings is 1. The maximum atomic E-state index is 9.11. The minimum atomic E-state index is 0.407. The lowest BCUT2D eigenvalue weighted by Crippen LogP contribution is -1.99.